The van der Waals surface area contributed by atoms with Gasteiger partial charge in [0.15, 0.2) is 5.96 Å². The van der Waals surface area contributed by atoms with E-state index in [-0.39, 0.29) is 11.9 Å². The number of aryl methyl sites for hydroxylation is 1. The van der Waals surface area contributed by atoms with Crippen LogP contribution in [0.15, 0.2) is 23.3 Å². The summed E-state index contributed by atoms with van der Waals surface area (Å²) in [6.45, 7) is 7.69. The fourth-order valence-corrected chi connectivity index (χ4v) is 1.86. The summed E-state index contributed by atoms with van der Waals surface area (Å²) in [4.78, 5) is 20.4. The summed E-state index contributed by atoms with van der Waals surface area (Å²) in [5.74, 6) is 1.13. The Morgan fingerprint density at radius 3 is 2.83 bits per heavy atom. The summed E-state index contributed by atoms with van der Waals surface area (Å²) >= 11 is 0. The van der Waals surface area contributed by atoms with E-state index in [2.05, 4.69) is 25.9 Å². The lowest BCUT2D eigenvalue weighted by Gasteiger charge is -2.16. The van der Waals surface area contributed by atoms with Crippen molar-refractivity contribution < 1.29 is 9.53 Å². The van der Waals surface area contributed by atoms with Crippen LogP contribution in [0.3, 0.4) is 0 Å². The molecule has 7 heteroatoms. The summed E-state index contributed by atoms with van der Waals surface area (Å²) in [5, 5.41) is 9.11. The molecule has 1 atom stereocenters. The fourth-order valence-electron chi connectivity index (χ4n) is 1.86. The van der Waals surface area contributed by atoms with Crippen LogP contribution in [-0.4, -0.2) is 49.7 Å². The number of hydrogen-bond donors (Lipinski definition) is 3. The molecular formula is C16H27N5O2. The first-order valence-electron chi connectivity index (χ1n) is 7.81. The second kappa shape index (κ2) is 10.6. The Bertz CT molecular complexity index is 502. The minimum Gasteiger partial charge on any atom is -0.383 e. The third-order valence-corrected chi connectivity index (χ3v) is 2.93. The average molecular weight is 321 g/mol. The lowest BCUT2D eigenvalue weighted by molar-refractivity contribution is -0.116. The molecule has 0 fully saturated rings. The number of ether oxygens (including phenoxy) is 1. The number of aliphatic imine (C=N–C) groups is 1. The van der Waals surface area contributed by atoms with Crippen molar-refractivity contribution in [3.63, 3.8) is 0 Å². The number of carbonyl (C=O) groups is 1. The van der Waals surface area contributed by atoms with Gasteiger partial charge in [-0.2, -0.15) is 0 Å². The van der Waals surface area contributed by atoms with Gasteiger partial charge in [-0.3, -0.25) is 9.79 Å². The molecule has 0 aromatic carbocycles. The third kappa shape index (κ3) is 8.15. The van der Waals surface area contributed by atoms with Gasteiger partial charge in [-0.05, 0) is 32.4 Å². The molecule has 1 heterocycles. The molecule has 23 heavy (non-hydrogen) atoms. The smallest absolute Gasteiger partial charge is 0.227 e. The van der Waals surface area contributed by atoms with Gasteiger partial charge >= 0.3 is 0 Å². The van der Waals surface area contributed by atoms with E-state index in [1.165, 1.54) is 0 Å². The zero-order valence-electron chi connectivity index (χ0n) is 14.3. The van der Waals surface area contributed by atoms with Gasteiger partial charge in [-0.15, -0.1) is 0 Å². The van der Waals surface area contributed by atoms with Crippen molar-refractivity contribution >= 4 is 17.7 Å². The number of methoxy groups -OCH3 is 1. The van der Waals surface area contributed by atoms with Crippen LogP contribution in [0.4, 0.5) is 5.82 Å². The van der Waals surface area contributed by atoms with Crippen molar-refractivity contribution in [3.8, 4) is 0 Å². The highest BCUT2D eigenvalue weighted by Crippen LogP contribution is 2.04. The molecule has 0 aliphatic heterocycles. The maximum absolute atomic E-state index is 11.9. The normalized spacial score (nSPS) is 12.6. The second-order valence-corrected chi connectivity index (χ2v) is 5.28. The van der Waals surface area contributed by atoms with Crippen molar-refractivity contribution in [3.05, 3.63) is 23.9 Å². The van der Waals surface area contributed by atoms with E-state index in [9.17, 15) is 4.79 Å². The van der Waals surface area contributed by atoms with Crippen LogP contribution in [0.25, 0.3) is 0 Å². The van der Waals surface area contributed by atoms with Gasteiger partial charge in [0.05, 0.1) is 13.2 Å². The Morgan fingerprint density at radius 2 is 2.22 bits per heavy atom. The molecule has 1 rings (SSSR count). The van der Waals surface area contributed by atoms with Gasteiger partial charge in [0.1, 0.15) is 5.82 Å². The van der Waals surface area contributed by atoms with Crippen molar-refractivity contribution in [2.24, 2.45) is 4.99 Å². The number of pyridine rings is 1. The molecule has 0 radical (unpaired) electrons. The highest BCUT2D eigenvalue weighted by atomic mass is 16.5. The maximum Gasteiger partial charge on any atom is 0.227 e. The zero-order chi connectivity index (χ0) is 17.1. The van der Waals surface area contributed by atoms with Crippen molar-refractivity contribution in [2.45, 2.75) is 33.2 Å². The van der Waals surface area contributed by atoms with E-state index in [0.717, 1.165) is 12.1 Å². The third-order valence-electron chi connectivity index (χ3n) is 2.93. The fraction of sp³-hybridized carbons (Fsp3) is 0.562. The van der Waals surface area contributed by atoms with Crippen LogP contribution >= 0.6 is 0 Å². The van der Waals surface area contributed by atoms with E-state index in [1.54, 1.807) is 19.4 Å². The topological polar surface area (TPSA) is 87.6 Å². The molecular weight excluding hydrogens is 294 g/mol. The van der Waals surface area contributed by atoms with Crippen molar-refractivity contribution in [1.82, 2.24) is 15.6 Å². The minimum atomic E-state index is -0.106. The Labute approximate surface area is 137 Å². The van der Waals surface area contributed by atoms with E-state index in [0.29, 0.717) is 31.3 Å². The van der Waals surface area contributed by atoms with Crippen LogP contribution in [0.2, 0.25) is 0 Å². The van der Waals surface area contributed by atoms with Crippen molar-refractivity contribution in [1.29, 1.82) is 0 Å². The van der Waals surface area contributed by atoms with Crippen LogP contribution in [0.1, 0.15) is 25.8 Å². The van der Waals surface area contributed by atoms with E-state index >= 15 is 0 Å². The standard InChI is InChI=1S/C16H27N5O2/c1-5-17-16(20-13(3)11-23-4)18-9-8-15(22)21-14-7-6-12(2)10-19-14/h6-7,10,13H,5,8-9,11H2,1-4H3,(H2,17,18,20)(H,19,21,22). The first kappa shape index (κ1) is 18.9. The Kier molecular flexibility index (Phi) is 8.67. The monoisotopic (exact) mass is 321 g/mol. The molecule has 1 aromatic rings. The van der Waals surface area contributed by atoms with E-state index in [4.69, 9.17) is 4.74 Å². The van der Waals surface area contributed by atoms with E-state index in [1.807, 2.05) is 26.8 Å². The number of amides is 1. The number of aromatic nitrogens is 1. The minimum absolute atomic E-state index is 0.106. The molecule has 1 unspecified atom stereocenters. The zero-order valence-corrected chi connectivity index (χ0v) is 14.3. The summed E-state index contributed by atoms with van der Waals surface area (Å²) in [7, 11) is 1.66. The van der Waals surface area contributed by atoms with Gasteiger partial charge in [0.2, 0.25) is 5.91 Å². The van der Waals surface area contributed by atoms with Crippen LogP contribution in [0.5, 0.6) is 0 Å². The summed E-state index contributed by atoms with van der Waals surface area (Å²) in [6, 6.07) is 3.84. The number of hydrogen-bond acceptors (Lipinski definition) is 4. The predicted molar refractivity (Wildman–Crippen MR) is 92.7 cm³/mol. The molecule has 1 aromatic heterocycles. The van der Waals surface area contributed by atoms with Gasteiger partial charge < -0.3 is 20.7 Å². The molecule has 0 aliphatic rings. The first-order chi connectivity index (χ1) is 11.0. The quantitative estimate of drug-likeness (QED) is 0.496. The Morgan fingerprint density at radius 1 is 1.43 bits per heavy atom. The second-order valence-electron chi connectivity index (χ2n) is 5.28. The number of guanidine groups is 1. The maximum atomic E-state index is 11.9. The summed E-state index contributed by atoms with van der Waals surface area (Å²) < 4.78 is 5.08. The largest absolute Gasteiger partial charge is 0.383 e. The van der Waals surface area contributed by atoms with Crippen LogP contribution < -0.4 is 16.0 Å². The molecule has 7 nitrogen and oxygen atoms in total. The molecule has 0 saturated heterocycles. The van der Waals surface area contributed by atoms with Gasteiger partial charge in [-0.25, -0.2) is 4.98 Å². The molecule has 1 amide bonds. The summed E-state index contributed by atoms with van der Waals surface area (Å²) in [5.41, 5.74) is 1.05. The number of anilines is 1. The number of carbonyl (C=O) groups excluding carboxylic acids is 1. The average Bonchev–Trinajstić information content (AvgIpc) is 2.50. The van der Waals surface area contributed by atoms with Crippen LogP contribution in [-0.2, 0) is 9.53 Å². The molecule has 0 aliphatic carbocycles. The van der Waals surface area contributed by atoms with Crippen LogP contribution in [0, 0.1) is 6.92 Å². The van der Waals surface area contributed by atoms with Gasteiger partial charge in [-0.1, -0.05) is 6.07 Å². The molecule has 0 saturated carbocycles. The lowest BCUT2D eigenvalue weighted by atomic mass is 10.3. The lowest BCUT2D eigenvalue weighted by Crippen LogP contribution is -2.44. The Hall–Kier alpha value is -2.15. The number of nitrogens with zero attached hydrogens (tertiary/aromatic N) is 2. The highest BCUT2D eigenvalue weighted by Gasteiger charge is 2.06. The molecule has 3 N–H and O–H groups in total. The van der Waals surface area contributed by atoms with Crippen molar-refractivity contribution in [2.75, 3.05) is 32.1 Å². The summed E-state index contributed by atoms with van der Waals surface area (Å²) in [6.07, 6.45) is 2.02. The van der Waals surface area contributed by atoms with Gasteiger partial charge in [0, 0.05) is 32.3 Å². The predicted octanol–water partition coefficient (Wildman–Crippen LogP) is 1.31. The van der Waals surface area contributed by atoms with Gasteiger partial charge in [0.25, 0.3) is 0 Å². The number of rotatable bonds is 8. The Balaban J connectivity index is 2.43. The number of nitrogens with one attached hydrogen (secondary N) is 3. The molecule has 0 spiro atoms. The van der Waals surface area contributed by atoms with E-state index < -0.39 is 0 Å². The molecule has 128 valence electrons. The highest BCUT2D eigenvalue weighted by molar-refractivity contribution is 5.90. The SMILES string of the molecule is CCNC(=NCCC(=O)Nc1ccc(C)cn1)NC(C)COC. The molecule has 0 bridgehead atoms. The first-order valence-corrected chi connectivity index (χ1v) is 7.81.